The van der Waals surface area contributed by atoms with Crippen molar-refractivity contribution in [3.05, 3.63) is 21.4 Å². The third kappa shape index (κ3) is 3.19. The van der Waals surface area contributed by atoms with Gasteiger partial charge in [0.25, 0.3) is 0 Å². The van der Waals surface area contributed by atoms with E-state index in [4.69, 9.17) is 4.74 Å². The summed E-state index contributed by atoms with van der Waals surface area (Å²) < 4.78 is 5.68. The van der Waals surface area contributed by atoms with E-state index in [2.05, 4.69) is 18.7 Å². The molecule has 0 unspecified atom stereocenters. The maximum Gasteiger partial charge on any atom is 0.177 e. The van der Waals surface area contributed by atoms with Gasteiger partial charge in [-0.2, -0.15) is 0 Å². The van der Waals surface area contributed by atoms with Crippen LogP contribution in [0.15, 0.2) is 6.07 Å². The number of Topliss-reactive ketones (excluding diaryl/α,β-unsaturated/α-hetero) is 1. The third-order valence-corrected chi connectivity index (χ3v) is 4.17. The van der Waals surface area contributed by atoms with Crippen molar-refractivity contribution in [2.24, 2.45) is 0 Å². The molecular formula is C14H21NO2S. The van der Waals surface area contributed by atoms with Crippen LogP contribution in [-0.2, 0) is 4.74 Å². The van der Waals surface area contributed by atoms with E-state index < -0.39 is 0 Å². The Morgan fingerprint density at radius 1 is 1.39 bits per heavy atom. The highest BCUT2D eigenvalue weighted by Gasteiger charge is 2.24. The molecule has 1 aromatic heterocycles. The van der Waals surface area contributed by atoms with Crippen LogP contribution in [0.4, 0.5) is 0 Å². The van der Waals surface area contributed by atoms with E-state index in [0.29, 0.717) is 6.54 Å². The number of morpholine rings is 1. The fraction of sp³-hybridized carbons (Fsp3) is 0.643. The van der Waals surface area contributed by atoms with Crippen LogP contribution in [-0.4, -0.2) is 42.5 Å². The van der Waals surface area contributed by atoms with Crippen molar-refractivity contribution in [2.75, 3.05) is 19.6 Å². The molecule has 1 saturated heterocycles. The van der Waals surface area contributed by atoms with Crippen molar-refractivity contribution < 1.29 is 9.53 Å². The molecule has 0 bridgehead atoms. The minimum absolute atomic E-state index is 0.215. The molecule has 18 heavy (non-hydrogen) atoms. The van der Waals surface area contributed by atoms with Gasteiger partial charge in [-0.1, -0.05) is 0 Å². The number of ketones is 1. The fourth-order valence-electron chi connectivity index (χ4n) is 2.61. The van der Waals surface area contributed by atoms with Crippen LogP contribution in [0.1, 0.15) is 34.0 Å². The molecule has 1 aliphatic rings. The first-order valence-corrected chi connectivity index (χ1v) is 7.25. The zero-order valence-corrected chi connectivity index (χ0v) is 12.3. The Morgan fingerprint density at radius 3 is 2.50 bits per heavy atom. The normalized spacial score (nSPS) is 25.3. The molecule has 1 fully saturated rings. The highest BCUT2D eigenvalue weighted by Crippen LogP contribution is 2.21. The highest BCUT2D eigenvalue weighted by atomic mass is 32.1. The summed E-state index contributed by atoms with van der Waals surface area (Å²) in [6.07, 6.45) is 0.429. The monoisotopic (exact) mass is 267 g/mol. The van der Waals surface area contributed by atoms with Gasteiger partial charge in [0.1, 0.15) is 0 Å². The third-order valence-electron chi connectivity index (χ3n) is 3.20. The second-order valence-corrected chi connectivity index (χ2v) is 6.66. The summed E-state index contributed by atoms with van der Waals surface area (Å²) in [6.45, 7) is 10.4. The summed E-state index contributed by atoms with van der Waals surface area (Å²) in [5.74, 6) is 0.234. The van der Waals surface area contributed by atoms with Gasteiger partial charge in [0.15, 0.2) is 5.78 Å². The number of thiophene rings is 1. The first-order valence-electron chi connectivity index (χ1n) is 6.43. The van der Waals surface area contributed by atoms with Crippen molar-refractivity contribution >= 4 is 17.1 Å². The Hall–Kier alpha value is -0.710. The number of ether oxygens (including phenoxy) is 1. The van der Waals surface area contributed by atoms with E-state index in [0.717, 1.165) is 23.5 Å². The average molecular weight is 267 g/mol. The van der Waals surface area contributed by atoms with Gasteiger partial charge in [0.2, 0.25) is 0 Å². The lowest BCUT2D eigenvalue weighted by Crippen LogP contribution is -2.47. The first-order chi connectivity index (χ1) is 8.45. The van der Waals surface area contributed by atoms with Crippen LogP contribution in [0.3, 0.4) is 0 Å². The van der Waals surface area contributed by atoms with Gasteiger partial charge in [0.05, 0.1) is 18.8 Å². The minimum Gasteiger partial charge on any atom is -0.373 e. The molecule has 0 aromatic carbocycles. The Bertz CT molecular complexity index is 431. The van der Waals surface area contributed by atoms with Gasteiger partial charge in [0, 0.05) is 28.4 Å². The molecule has 0 amide bonds. The number of rotatable bonds is 3. The maximum absolute atomic E-state index is 12.3. The molecule has 4 heteroatoms. The van der Waals surface area contributed by atoms with Gasteiger partial charge in [-0.3, -0.25) is 9.69 Å². The zero-order chi connectivity index (χ0) is 13.3. The molecular weight excluding hydrogens is 246 g/mol. The summed E-state index contributed by atoms with van der Waals surface area (Å²) >= 11 is 1.70. The van der Waals surface area contributed by atoms with Gasteiger partial charge in [-0.05, 0) is 33.8 Å². The summed E-state index contributed by atoms with van der Waals surface area (Å²) in [5.41, 5.74) is 0.893. The van der Waals surface area contributed by atoms with Gasteiger partial charge in [-0.15, -0.1) is 11.3 Å². The molecule has 1 aliphatic heterocycles. The molecule has 2 atom stereocenters. The number of carbonyl (C=O) groups is 1. The molecule has 3 nitrogen and oxygen atoms in total. The van der Waals surface area contributed by atoms with Crippen molar-refractivity contribution in [1.82, 2.24) is 4.90 Å². The zero-order valence-electron chi connectivity index (χ0n) is 11.5. The lowest BCUT2D eigenvalue weighted by Gasteiger charge is -2.34. The Kier molecular flexibility index (Phi) is 4.20. The summed E-state index contributed by atoms with van der Waals surface area (Å²) in [7, 11) is 0. The van der Waals surface area contributed by atoms with Crippen LogP contribution in [0.2, 0.25) is 0 Å². The van der Waals surface area contributed by atoms with Gasteiger partial charge in [-0.25, -0.2) is 0 Å². The Morgan fingerprint density at radius 2 is 2.00 bits per heavy atom. The van der Waals surface area contributed by atoms with Crippen molar-refractivity contribution in [3.8, 4) is 0 Å². The van der Waals surface area contributed by atoms with Crippen molar-refractivity contribution in [2.45, 2.75) is 39.9 Å². The van der Waals surface area contributed by atoms with Crippen LogP contribution >= 0.6 is 11.3 Å². The van der Waals surface area contributed by atoms with Crippen LogP contribution in [0, 0.1) is 13.8 Å². The molecule has 0 radical (unpaired) electrons. The van der Waals surface area contributed by atoms with E-state index in [1.165, 1.54) is 4.88 Å². The number of nitrogens with zero attached hydrogens (tertiary/aromatic N) is 1. The molecule has 0 spiro atoms. The van der Waals surface area contributed by atoms with Crippen LogP contribution in [0.25, 0.3) is 0 Å². The summed E-state index contributed by atoms with van der Waals surface area (Å²) in [5, 5.41) is 0. The van der Waals surface area contributed by atoms with Crippen LogP contribution in [0.5, 0.6) is 0 Å². The fourth-order valence-corrected chi connectivity index (χ4v) is 3.55. The molecule has 2 rings (SSSR count). The summed E-state index contributed by atoms with van der Waals surface area (Å²) in [4.78, 5) is 16.8. The topological polar surface area (TPSA) is 29.5 Å². The number of carbonyl (C=O) groups excluding carboxylic acids is 1. The average Bonchev–Trinajstić information content (AvgIpc) is 2.56. The van der Waals surface area contributed by atoms with Crippen molar-refractivity contribution in [3.63, 3.8) is 0 Å². The quantitative estimate of drug-likeness (QED) is 0.789. The second-order valence-electron chi connectivity index (χ2n) is 5.20. The smallest absolute Gasteiger partial charge is 0.177 e. The predicted molar refractivity (Wildman–Crippen MR) is 74.6 cm³/mol. The number of aryl methyl sites for hydroxylation is 2. The highest BCUT2D eigenvalue weighted by molar-refractivity contribution is 7.12. The predicted octanol–water partition coefficient (Wildman–Crippen LogP) is 2.66. The van der Waals surface area contributed by atoms with Crippen molar-refractivity contribution in [1.29, 1.82) is 0 Å². The largest absolute Gasteiger partial charge is 0.373 e. The second kappa shape index (κ2) is 5.51. The Balaban J connectivity index is 2.01. The number of hydrogen-bond donors (Lipinski definition) is 0. The lowest BCUT2D eigenvalue weighted by molar-refractivity contribution is -0.0652. The molecule has 2 heterocycles. The van der Waals surface area contributed by atoms with E-state index >= 15 is 0 Å². The minimum atomic E-state index is 0.215. The Labute approximate surface area is 113 Å². The SMILES string of the molecule is Cc1cc(C(=O)CN2C[C@@H](C)O[C@@H](C)C2)c(C)s1. The molecule has 0 N–H and O–H groups in total. The lowest BCUT2D eigenvalue weighted by atomic mass is 10.1. The molecule has 0 aliphatic carbocycles. The van der Waals surface area contributed by atoms with Gasteiger partial charge < -0.3 is 4.74 Å². The summed E-state index contributed by atoms with van der Waals surface area (Å²) in [6, 6.07) is 2.01. The standard InChI is InChI=1S/C14H21NO2S/c1-9-6-15(7-10(2)17-9)8-14(16)13-5-11(3)18-12(13)4/h5,9-10H,6-8H2,1-4H3/t9-,10+. The maximum atomic E-state index is 12.3. The molecule has 0 saturated carbocycles. The van der Waals surface area contributed by atoms with E-state index in [1.807, 2.05) is 19.9 Å². The first kappa shape index (κ1) is 13.7. The molecule has 100 valence electrons. The number of hydrogen-bond acceptors (Lipinski definition) is 4. The van der Waals surface area contributed by atoms with Gasteiger partial charge >= 0.3 is 0 Å². The molecule has 1 aromatic rings. The van der Waals surface area contributed by atoms with E-state index in [9.17, 15) is 4.79 Å². The van der Waals surface area contributed by atoms with E-state index in [-0.39, 0.29) is 18.0 Å². The van der Waals surface area contributed by atoms with Crippen LogP contribution < -0.4 is 0 Å². The van der Waals surface area contributed by atoms with E-state index in [1.54, 1.807) is 11.3 Å².